The van der Waals surface area contributed by atoms with E-state index in [1.54, 1.807) is 11.3 Å². The Morgan fingerprint density at radius 2 is 2.09 bits per heavy atom. The van der Waals surface area contributed by atoms with E-state index in [-0.39, 0.29) is 11.2 Å². The Kier molecular flexibility index (Phi) is 3.96. The van der Waals surface area contributed by atoms with E-state index in [1.165, 1.54) is 16.5 Å². The van der Waals surface area contributed by atoms with E-state index in [4.69, 9.17) is 4.74 Å². The van der Waals surface area contributed by atoms with Crippen LogP contribution < -0.4 is 0 Å². The van der Waals surface area contributed by atoms with Gasteiger partial charge in [-0.3, -0.25) is 9.20 Å². The molecule has 8 heteroatoms. The van der Waals surface area contributed by atoms with Gasteiger partial charge in [-0.2, -0.15) is 0 Å². The molecular formula is C15H16N4O2S2. The van der Waals surface area contributed by atoms with Crippen molar-refractivity contribution < 1.29 is 9.53 Å². The van der Waals surface area contributed by atoms with Crippen LogP contribution in [-0.4, -0.2) is 57.0 Å². The van der Waals surface area contributed by atoms with Crippen LogP contribution in [0, 0.1) is 0 Å². The Morgan fingerprint density at radius 1 is 1.30 bits per heavy atom. The minimum atomic E-state index is -0.195. The van der Waals surface area contributed by atoms with E-state index in [2.05, 4.69) is 22.3 Å². The molecule has 3 heterocycles. The average Bonchev–Trinajstić information content (AvgIpc) is 3.14. The molecule has 120 valence electrons. The molecule has 0 aliphatic carbocycles. The fraction of sp³-hybridized carbons (Fsp3) is 0.400. The summed E-state index contributed by atoms with van der Waals surface area (Å²) >= 11 is 3.08. The number of morpholine rings is 1. The maximum Gasteiger partial charge on any atom is 0.236 e. The number of amides is 1. The number of benzene rings is 1. The van der Waals surface area contributed by atoms with Crippen molar-refractivity contribution in [3.63, 3.8) is 0 Å². The molecule has 1 aliphatic rings. The lowest BCUT2D eigenvalue weighted by Crippen LogP contribution is -2.44. The Bertz CT molecular complexity index is 854. The van der Waals surface area contributed by atoms with Crippen molar-refractivity contribution in [2.75, 3.05) is 26.3 Å². The van der Waals surface area contributed by atoms with Gasteiger partial charge < -0.3 is 9.64 Å². The van der Waals surface area contributed by atoms with Gasteiger partial charge in [0, 0.05) is 13.1 Å². The molecule has 1 amide bonds. The van der Waals surface area contributed by atoms with Crippen molar-refractivity contribution in [3.05, 3.63) is 24.3 Å². The van der Waals surface area contributed by atoms with E-state index < -0.39 is 0 Å². The molecule has 0 bridgehead atoms. The third kappa shape index (κ3) is 2.71. The number of nitrogens with zero attached hydrogens (tertiary/aromatic N) is 4. The van der Waals surface area contributed by atoms with Gasteiger partial charge in [-0.05, 0) is 19.1 Å². The van der Waals surface area contributed by atoms with Gasteiger partial charge in [0.25, 0.3) is 0 Å². The fourth-order valence-corrected chi connectivity index (χ4v) is 4.65. The molecule has 0 spiro atoms. The number of ether oxygens (including phenoxy) is 1. The Balaban J connectivity index is 1.60. The van der Waals surface area contributed by atoms with Gasteiger partial charge in [0.2, 0.25) is 10.9 Å². The maximum atomic E-state index is 12.6. The maximum absolute atomic E-state index is 12.6. The van der Waals surface area contributed by atoms with Gasteiger partial charge >= 0.3 is 0 Å². The standard InChI is InChI=1S/C15H16N4O2S2/c1-10(13(20)18-6-8-21-9-7-18)22-14-16-17-15-19(14)11-4-2-3-5-12(11)23-15/h2-5,10H,6-9H2,1H3. The van der Waals surface area contributed by atoms with E-state index in [0.717, 1.165) is 15.6 Å². The molecular weight excluding hydrogens is 332 g/mol. The van der Waals surface area contributed by atoms with Crippen LogP contribution in [0.5, 0.6) is 0 Å². The zero-order valence-corrected chi connectivity index (χ0v) is 14.3. The number of thiazole rings is 1. The number of rotatable bonds is 3. The summed E-state index contributed by atoms with van der Waals surface area (Å²) in [4.78, 5) is 15.3. The quantitative estimate of drug-likeness (QED) is 0.680. The molecule has 1 aromatic carbocycles. The predicted molar refractivity (Wildman–Crippen MR) is 91.1 cm³/mol. The normalized spacial score (nSPS) is 17.0. The second-order valence-electron chi connectivity index (χ2n) is 5.37. The number of para-hydroxylation sites is 1. The number of thioether (sulfide) groups is 1. The first-order valence-corrected chi connectivity index (χ1v) is 9.19. The van der Waals surface area contributed by atoms with Gasteiger partial charge in [0.15, 0.2) is 5.16 Å². The average molecular weight is 348 g/mol. The second kappa shape index (κ2) is 6.10. The van der Waals surface area contributed by atoms with Crippen molar-refractivity contribution in [3.8, 4) is 0 Å². The number of carbonyl (C=O) groups excluding carboxylic acids is 1. The number of fused-ring (bicyclic) bond motifs is 3. The van der Waals surface area contributed by atoms with Crippen LogP contribution >= 0.6 is 23.1 Å². The van der Waals surface area contributed by atoms with E-state index in [0.29, 0.717) is 26.3 Å². The van der Waals surface area contributed by atoms with E-state index in [1.807, 2.05) is 28.4 Å². The van der Waals surface area contributed by atoms with Crippen LogP contribution in [0.2, 0.25) is 0 Å². The predicted octanol–water partition coefficient (Wildman–Crippen LogP) is 2.28. The number of hydrogen-bond acceptors (Lipinski definition) is 6. The fourth-order valence-electron chi connectivity index (χ4n) is 2.68. The van der Waals surface area contributed by atoms with Crippen LogP contribution in [0.3, 0.4) is 0 Å². The van der Waals surface area contributed by atoms with Gasteiger partial charge in [0.05, 0.1) is 28.7 Å². The third-order valence-corrected chi connectivity index (χ3v) is 5.91. The highest BCUT2D eigenvalue weighted by molar-refractivity contribution is 8.00. The first-order valence-electron chi connectivity index (χ1n) is 7.50. The molecule has 4 rings (SSSR count). The highest BCUT2D eigenvalue weighted by atomic mass is 32.2. The molecule has 0 radical (unpaired) electrons. The smallest absolute Gasteiger partial charge is 0.236 e. The summed E-state index contributed by atoms with van der Waals surface area (Å²) < 4.78 is 8.51. The van der Waals surface area contributed by atoms with Crippen LogP contribution in [0.15, 0.2) is 29.4 Å². The van der Waals surface area contributed by atoms with Crippen LogP contribution in [-0.2, 0) is 9.53 Å². The minimum absolute atomic E-state index is 0.134. The molecule has 1 saturated heterocycles. The molecule has 1 atom stereocenters. The summed E-state index contributed by atoms with van der Waals surface area (Å²) in [5.41, 5.74) is 1.09. The van der Waals surface area contributed by atoms with Gasteiger partial charge in [0.1, 0.15) is 0 Å². The molecule has 1 fully saturated rings. The number of carbonyl (C=O) groups is 1. The van der Waals surface area contributed by atoms with Crippen molar-refractivity contribution in [2.45, 2.75) is 17.3 Å². The Morgan fingerprint density at radius 3 is 2.91 bits per heavy atom. The lowest BCUT2D eigenvalue weighted by atomic mass is 10.3. The largest absolute Gasteiger partial charge is 0.378 e. The molecule has 2 aromatic heterocycles. The van der Waals surface area contributed by atoms with Crippen molar-refractivity contribution >= 4 is 44.2 Å². The molecule has 0 saturated carbocycles. The number of aromatic nitrogens is 3. The SMILES string of the molecule is CC(Sc1nnc2sc3ccccc3n12)C(=O)N1CCOCC1. The molecule has 23 heavy (non-hydrogen) atoms. The Hall–Kier alpha value is -1.64. The molecule has 1 aliphatic heterocycles. The monoisotopic (exact) mass is 348 g/mol. The van der Waals surface area contributed by atoms with Crippen LogP contribution in [0.4, 0.5) is 0 Å². The highest BCUT2D eigenvalue weighted by Gasteiger charge is 2.25. The molecule has 0 N–H and O–H groups in total. The van der Waals surface area contributed by atoms with E-state index >= 15 is 0 Å². The summed E-state index contributed by atoms with van der Waals surface area (Å²) in [5.74, 6) is 0.134. The molecule has 1 unspecified atom stereocenters. The summed E-state index contributed by atoms with van der Waals surface area (Å²) in [6.07, 6.45) is 0. The van der Waals surface area contributed by atoms with Crippen LogP contribution in [0.25, 0.3) is 15.2 Å². The summed E-state index contributed by atoms with van der Waals surface area (Å²) in [7, 11) is 0. The van der Waals surface area contributed by atoms with Crippen molar-refractivity contribution in [1.29, 1.82) is 0 Å². The first-order chi connectivity index (χ1) is 11.2. The van der Waals surface area contributed by atoms with Gasteiger partial charge in [-0.25, -0.2) is 0 Å². The van der Waals surface area contributed by atoms with Crippen molar-refractivity contribution in [2.24, 2.45) is 0 Å². The summed E-state index contributed by atoms with van der Waals surface area (Å²) in [6.45, 7) is 4.50. The molecule has 3 aromatic rings. The lowest BCUT2D eigenvalue weighted by molar-refractivity contribution is -0.134. The summed E-state index contributed by atoms with van der Waals surface area (Å²) in [5, 5.41) is 9.09. The second-order valence-corrected chi connectivity index (χ2v) is 7.69. The minimum Gasteiger partial charge on any atom is -0.378 e. The van der Waals surface area contributed by atoms with Crippen LogP contribution in [0.1, 0.15) is 6.92 Å². The third-order valence-electron chi connectivity index (χ3n) is 3.86. The highest BCUT2D eigenvalue weighted by Crippen LogP contribution is 2.31. The van der Waals surface area contributed by atoms with Gasteiger partial charge in [-0.1, -0.05) is 35.2 Å². The summed E-state index contributed by atoms with van der Waals surface area (Å²) in [6, 6.07) is 8.15. The van der Waals surface area contributed by atoms with E-state index in [9.17, 15) is 4.79 Å². The van der Waals surface area contributed by atoms with Gasteiger partial charge in [-0.15, -0.1) is 10.2 Å². The zero-order valence-electron chi connectivity index (χ0n) is 12.6. The van der Waals surface area contributed by atoms with Crippen molar-refractivity contribution in [1.82, 2.24) is 19.5 Å². The number of hydrogen-bond donors (Lipinski definition) is 0. The lowest BCUT2D eigenvalue weighted by Gasteiger charge is -2.28. The topological polar surface area (TPSA) is 59.7 Å². The Labute approximate surface area is 141 Å². The molecule has 6 nitrogen and oxygen atoms in total. The first kappa shape index (κ1) is 14.9. The zero-order chi connectivity index (χ0) is 15.8.